The maximum absolute atomic E-state index is 12.4. The highest BCUT2D eigenvalue weighted by molar-refractivity contribution is 9.10. The van der Waals surface area contributed by atoms with Crippen LogP contribution in [-0.4, -0.2) is 15.5 Å². The minimum Gasteiger partial charge on any atom is -0.425 e. The van der Waals surface area contributed by atoms with Gasteiger partial charge >= 0.3 is 5.97 Å². The van der Waals surface area contributed by atoms with Crippen molar-refractivity contribution in [2.24, 2.45) is 0 Å². The first-order valence-electron chi connectivity index (χ1n) is 6.92. The van der Waals surface area contributed by atoms with Gasteiger partial charge in [0.25, 0.3) is 5.56 Å². The third-order valence-corrected chi connectivity index (χ3v) is 3.79. The summed E-state index contributed by atoms with van der Waals surface area (Å²) in [6, 6.07) is 13.3. The van der Waals surface area contributed by atoms with Crippen LogP contribution >= 0.6 is 15.9 Å². The molecule has 0 aliphatic rings. The van der Waals surface area contributed by atoms with E-state index >= 15 is 0 Å². The molecule has 0 saturated heterocycles. The molecule has 0 N–H and O–H groups in total. The molecule has 24 heavy (non-hydrogen) atoms. The standard InChI is InChI=1S/C17H10BrN3O3/c18-12-3-6-15-14(7-12)17(23)21(10-20-15)9-16(22)24-13-4-1-11(8-19)2-5-13/h1-7,10H,9H2. The van der Waals surface area contributed by atoms with E-state index < -0.39 is 5.97 Å². The summed E-state index contributed by atoms with van der Waals surface area (Å²) in [7, 11) is 0. The number of nitriles is 1. The van der Waals surface area contributed by atoms with Crippen LogP contribution in [0.3, 0.4) is 0 Å². The molecule has 0 aliphatic carbocycles. The predicted octanol–water partition coefficient (Wildman–Crippen LogP) is 2.64. The van der Waals surface area contributed by atoms with E-state index in [9.17, 15) is 9.59 Å². The number of fused-ring (bicyclic) bond motifs is 1. The van der Waals surface area contributed by atoms with E-state index in [4.69, 9.17) is 10.00 Å². The Labute approximate surface area is 145 Å². The summed E-state index contributed by atoms with van der Waals surface area (Å²) in [5.41, 5.74) is 0.702. The molecule has 0 unspecified atom stereocenters. The average Bonchev–Trinajstić information content (AvgIpc) is 2.58. The summed E-state index contributed by atoms with van der Waals surface area (Å²) < 4.78 is 7.11. The number of rotatable bonds is 3. The molecule has 0 bridgehead atoms. The molecule has 1 heterocycles. The molecular weight excluding hydrogens is 374 g/mol. The van der Waals surface area contributed by atoms with Gasteiger partial charge in [0, 0.05) is 4.47 Å². The number of halogens is 1. The lowest BCUT2D eigenvalue weighted by Crippen LogP contribution is -2.26. The van der Waals surface area contributed by atoms with Gasteiger partial charge in [0.1, 0.15) is 12.3 Å². The van der Waals surface area contributed by atoms with Gasteiger partial charge in [-0.25, -0.2) is 9.78 Å². The highest BCUT2D eigenvalue weighted by atomic mass is 79.9. The van der Waals surface area contributed by atoms with Crippen LogP contribution in [0.5, 0.6) is 5.75 Å². The van der Waals surface area contributed by atoms with Crippen molar-refractivity contribution in [1.82, 2.24) is 9.55 Å². The predicted molar refractivity (Wildman–Crippen MR) is 90.5 cm³/mol. The molecule has 0 radical (unpaired) electrons. The van der Waals surface area contributed by atoms with Crippen molar-refractivity contribution >= 4 is 32.8 Å². The second-order valence-electron chi connectivity index (χ2n) is 4.95. The van der Waals surface area contributed by atoms with E-state index in [1.807, 2.05) is 6.07 Å². The van der Waals surface area contributed by atoms with Crippen molar-refractivity contribution in [2.45, 2.75) is 6.54 Å². The van der Waals surface area contributed by atoms with Gasteiger partial charge in [0.2, 0.25) is 0 Å². The third-order valence-electron chi connectivity index (χ3n) is 3.30. The molecule has 0 spiro atoms. The quantitative estimate of drug-likeness (QED) is 0.512. The Morgan fingerprint density at radius 2 is 2.00 bits per heavy atom. The molecule has 7 heteroatoms. The SMILES string of the molecule is N#Cc1ccc(OC(=O)Cn2cnc3ccc(Br)cc3c2=O)cc1. The Balaban J connectivity index is 1.81. The monoisotopic (exact) mass is 383 g/mol. The van der Waals surface area contributed by atoms with Crippen LogP contribution in [0.4, 0.5) is 0 Å². The van der Waals surface area contributed by atoms with Crippen molar-refractivity contribution in [2.75, 3.05) is 0 Å². The fraction of sp³-hybridized carbons (Fsp3) is 0.0588. The molecule has 2 aromatic carbocycles. The fourth-order valence-corrected chi connectivity index (χ4v) is 2.51. The number of hydrogen-bond donors (Lipinski definition) is 0. The van der Waals surface area contributed by atoms with Crippen LogP contribution in [-0.2, 0) is 11.3 Å². The van der Waals surface area contributed by atoms with E-state index in [0.717, 1.165) is 4.47 Å². The Morgan fingerprint density at radius 3 is 2.71 bits per heavy atom. The smallest absolute Gasteiger partial charge is 0.331 e. The van der Waals surface area contributed by atoms with Crippen LogP contribution in [0.1, 0.15) is 5.56 Å². The lowest BCUT2D eigenvalue weighted by atomic mass is 10.2. The first-order valence-corrected chi connectivity index (χ1v) is 7.71. The van der Waals surface area contributed by atoms with Gasteiger partial charge in [-0.15, -0.1) is 0 Å². The van der Waals surface area contributed by atoms with E-state index in [2.05, 4.69) is 20.9 Å². The Kier molecular flexibility index (Phi) is 4.40. The highest BCUT2D eigenvalue weighted by Gasteiger charge is 2.10. The molecule has 0 amide bonds. The van der Waals surface area contributed by atoms with E-state index in [1.54, 1.807) is 30.3 Å². The van der Waals surface area contributed by atoms with Crippen LogP contribution in [0.15, 0.2) is 58.1 Å². The van der Waals surface area contributed by atoms with Crippen molar-refractivity contribution < 1.29 is 9.53 Å². The zero-order chi connectivity index (χ0) is 17.1. The number of nitrogens with zero attached hydrogens (tertiary/aromatic N) is 3. The summed E-state index contributed by atoms with van der Waals surface area (Å²) in [4.78, 5) is 28.6. The summed E-state index contributed by atoms with van der Waals surface area (Å²) in [6.45, 7) is -0.256. The highest BCUT2D eigenvalue weighted by Crippen LogP contribution is 2.15. The van der Waals surface area contributed by atoms with Crippen LogP contribution in [0.2, 0.25) is 0 Å². The summed E-state index contributed by atoms with van der Waals surface area (Å²) in [6.07, 6.45) is 1.32. The van der Waals surface area contributed by atoms with Gasteiger partial charge in [-0.05, 0) is 42.5 Å². The Bertz CT molecular complexity index is 1020. The minimum atomic E-state index is -0.599. The van der Waals surface area contributed by atoms with Crippen molar-refractivity contribution in [3.05, 3.63) is 69.2 Å². The first kappa shape index (κ1) is 15.9. The van der Waals surface area contributed by atoms with E-state index in [-0.39, 0.29) is 12.1 Å². The first-order chi connectivity index (χ1) is 11.6. The second-order valence-corrected chi connectivity index (χ2v) is 5.87. The van der Waals surface area contributed by atoms with E-state index in [0.29, 0.717) is 22.2 Å². The summed E-state index contributed by atoms with van der Waals surface area (Å²) in [5.74, 6) is -0.290. The zero-order valence-electron chi connectivity index (χ0n) is 12.3. The molecule has 0 aliphatic heterocycles. The van der Waals surface area contributed by atoms with Crippen LogP contribution in [0, 0.1) is 11.3 Å². The van der Waals surface area contributed by atoms with Gasteiger partial charge in [0.05, 0.1) is 28.9 Å². The molecular formula is C17H10BrN3O3. The largest absolute Gasteiger partial charge is 0.425 e. The number of benzene rings is 2. The number of carbonyl (C=O) groups excluding carboxylic acids is 1. The third kappa shape index (κ3) is 3.34. The second kappa shape index (κ2) is 6.64. The van der Waals surface area contributed by atoms with Gasteiger partial charge in [-0.2, -0.15) is 5.26 Å². The molecule has 6 nitrogen and oxygen atoms in total. The fourth-order valence-electron chi connectivity index (χ4n) is 2.14. The number of aromatic nitrogens is 2. The molecule has 118 valence electrons. The van der Waals surface area contributed by atoms with Crippen LogP contribution < -0.4 is 10.3 Å². The Morgan fingerprint density at radius 1 is 1.25 bits per heavy atom. The van der Waals surface area contributed by atoms with E-state index in [1.165, 1.54) is 23.0 Å². The molecule has 3 aromatic rings. The van der Waals surface area contributed by atoms with Gasteiger partial charge < -0.3 is 4.74 Å². The molecule has 0 atom stereocenters. The van der Waals surface area contributed by atoms with Gasteiger partial charge in [0.15, 0.2) is 0 Å². The number of esters is 1. The minimum absolute atomic E-state index is 0.256. The zero-order valence-corrected chi connectivity index (χ0v) is 13.9. The average molecular weight is 384 g/mol. The van der Waals surface area contributed by atoms with Gasteiger partial charge in [-0.1, -0.05) is 15.9 Å². The topological polar surface area (TPSA) is 85.0 Å². The number of carbonyl (C=O) groups is 1. The lowest BCUT2D eigenvalue weighted by molar-refractivity contribution is -0.135. The normalized spacial score (nSPS) is 10.3. The molecule has 3 rings (SSSR count). The van der Waals surface area contributed by atoms with Crippen molar-refractivity contribution in [3.63, 3.8) is 0 Å². The lowest BCUT2D eigenvalue weighted by Gasteiger charge is -2.07. The van der Waals surface area contributed by atoms with Crippen molar-refractivity contribution in [3.8, 4) is 11.8 Å². The number of hydrogen-bond acceptors (Lipinski definition) is 5. The summed E-state index contributed by atoms with van der Waals surface area (Å²) >= 11 is 3.31. The Hall–Kier alpha value is -2.98. The number of ether oxygens (including phenoxy) is 1. The maximum Gasteiger partial charge on any atom is 0.331 e. The molecule has 0 saturated carbocycles. The maximum atomic E-state index is 12.4. The van der Waals surface area contributed by atoms with Crippen LogP contribution in [0.25, 0.3) is 10.9 Å². The van der Waals surface area contributed by atoms with Crippen molar-refractivity contribution in [1.29, 1.82) is 5.26 Å². The molecule has 1 aromatic heterocycles. The molecule has 0 fully saturated rings. The summed E-state index contributed by atoms with van der Waals surface area (Å²) in [5, 5.41) is 9.15. The van der Waals surface area contributed by atoms with Gasteiger partial charge in [-0.3, -0.25) is 9.36 Å².